The summed E-state index contributed by atoms with van der Waals surface area (Å²) in [5.74, 6) is 1.23. The summed E-state index contributed by atoms with van der Waals surface area (Å²) in [6, 6.07) is 11.7. The number of para-hydroxylation sites is 1. The van der Waals surface area contributed by atoms with Gasteiger partial charge in [0.2, 0.25) is 5.84 Å². The number of hydrazone groups is 1. The van der Waals surface area contributed by atoms with E-state index < -0.39 is 0 Å². The molecule has 1 aliphatic rings. The van der Waals surface area contributed by atoms with Crippen molar-refractivity contribution in [2.75, 3.05) is 10.8 Å². The minimum atomic E-state index is 0.340. The number of nitrogens with zero attached hydrogens (tertiary/aromatic N) is 4. The van der Waals surface area contributed by atoms with Gasteiger partial charge in [0.15, 0.2) is 0 Å². The van der Waals surface area contributed by atoms with Crippen LogP contribution in [0.5, 0.6) is 0 Å². The van der Waals surface area contributed by atoms with Gasteiger partial charge in [-0.15, -0.1) is 5.10 Å². The fourth-order valence-electron chi connectivity index (χ4n) is 1.35. The third kappa shape index (κ3) is 1.96. The summed E-state index contributed by atoms with van der Waals surface area (Å²) in [6.45, 7) is 2.04. The smallest absolute Gasteiger partial charge is 0.217 e. The molecule has 1 aromatic carbocycles. The Kier molecular flexibility index (Phi) is 3.29. The first-order valence-electron chi connectivity index (χ1n) is 4.88. The molecule has 0 aliphatic carbocycles. The van der Waals surface area contributed by atoms with E-state index in [1.54, 1.807) is 21.5 Å². The topological polar surface area (TPSA) is 54.7 Å². The lowest BCUT2D eigenvalue weighted by Crippen LogP contribution is -2.40. The summed E-state index contributed by atoms with van der Waals surface area (Å²) in [4.78, 5) is 0. The fourth-order valence-corrected chi connectivity index (χ4v) is 1.98. The Balaban J connectivity index is 2.28. The lowest BCUT2D eigenvalue weighted by Gasteiger charge is -2.25. The standard InChI is InChI=1S/C10H11N5S/c1-2-16-15-13-12-10(8-11)14(15)9-6-4-3-5-7-9/h3-7,13H,2H2,1H3. The van der Waals surface area contributed by atoms with Crippen LogP contribution in [-0.2, 0) is 0 Å². The number of nitriles is 1. The van der Waals surface area contributed by atoms with Gasteiger partial charge in [-0.2, -0.15) is 5.26 Å². The van der Waals surface area contributed by atoms with Crippen molar-refractivity contribution in [1.82, 2.24) is 10.1 Å². The zero-order valence-electron chi connectivity index (χ0n) is 8.79. The van der Waals surface area contributed by atoms with Crippen LogP contribution in [0.4, 0.5) is 5.69 Å². The molecule has 5 nitrogen and oxygen atoms in total. The van der Waals surface area contributed by atoms with Gasteiger partial charge < -0.3 is 0 Å². The monoisotopic (exact) mass is 233 g/mol. The number of hydrogen-bond acceptors (Lipinski definition) is 6. The highest BCUT2D eigenvalue weighted by atomic mass is 32.2. The molecule has 1 heterocycles. The molecule has 1 aliphatic heterocycles. The number of anilines is 1. The van der Waals surface area contributed by atoms with Gasteiger partial charge in [0, 0.05) is 5.75 Å². The molecule has 0 radical (unpaired) electrons. The van der Waals surface area contributed by atoms with Crippen LogP contribution in [0.2, 0.25) is 0 Å². The molecule has 82 valence electrons. The van der Waals surface area contributed by atoms with E-state index in [1.165, 1.54) is 0 Å². The summed E-state index contributed by atoms with van der Waals surface area (Å²) in [7, 11) is 0. The number of hydrogen-bond donors (Lipinski definition) is 1. The lowest BCUT2D eigenvalue weighted by molar-refractivity contribution is 0.411. The number of benzene rings is 1. The van der Waals surface area contributed by atoms with Crippen molar-refractivity contribution >= 4 is 23.5 Å². The van der Waals surface area contributed by atoms with Crippen LogP contribution in [0.1, 0.15) is 6.92 Å². The second-order valence-corrected chi connectivity index (χ2v) is 4.17. The summed E-state index contributed by atoms with van der Waals surface area (Å²) in [5, 5.41) is 14.7. The van der Waals surface area contributed by atoms with Crippen molar-refractivity contribution in [3.05, 3.63) is 30.3 Å². The van der Waals surface area contributed by atoms with Gasteiger partial charge >= 0.3 is 0 Å². The summed E-state index contributed by atoms with van der Waals surface area (Å²) < 4.78 is 1.74. The number of amidine groups is 1. The van der Waals surface area contributed by atoms with Crippen molar-refractivity contribution in [3.63, 3.8) is 0 Å². The maximum Gasteiger partial charge on any atom is 0.249 e. The third-order valence-corrected chi connectivity index (χ3v) is 2.72. The molecule has 6 heteroatoms. The normalized spacial score (nSPS) is 15.5. The van der Waals surface area contributed by atoms with E-state index in [9.17, 15) is 0 Å². The molecule has 1 N–H and O–H groups in total. The Morgan fingerprint density at radius 2 is 2.19 bits per heavy atom. The van der Waals surface area contributed by atoms with Crippen LogP contribution in [0.3, 0.4) is 0 Å². The first-order valence-corrected chi connectivity index (χ1v) is 5.82. The van der Waals surface area contributed by atoms with E-state index in [1.807, 2.05) is 37.3 Å². The highest BCUT2D eigenvalue weighted by Crippen LogP contribution is 2.23. The molecule has 0 amide bonds. The maximum absolute atomic E-state index is 8.99. The van der Waals surface area contributed by atoms with Crippen LogP contribution < -0.4 is 10.5 Å². The van der Waals surface area contributed by atoms with Gasteiger partial charge in [0.25, 0.3) is 0 Å². The van der Waals surface area contributed by atoms with Crippen molar-refractivity contribution in [1.29, 1.82) is 5.26 Å². The minimum absolute atomic E-state index is 0.340. The Labute approximate surface area is 98.4 Å². The minimum Gasteiger partial charge on any atom is -0.217 e. The van der Waals surface area contributed by atoms with Crippen LogP contribution in [0.25, 0.3) is 0 Å². The average molecular weight is 233 g/mol. The SMILES string of the molecule is CCSN1NN=C(C#N)N1c1ccccc1. The van der Waals surface area contributed by atoms with Crippen molar-refractivity contribution in [2.24, 2.45) is 5.10 Å². The Morgan fingerprint density at radius 3 is 2.81 bits per heavy atom. The molecule has 0 fully saturated rings. The molecule has 2 rings (SSSR count). The van der Waals surface area contributed by atoms with Crippen molar-refractivity contribution < 1.29 is 0 Å². The molecular formula is C10H11N5S. The van der Waals surface area contributed by atoms with E-state index in [0.717, 1.165) is 11.4 Å². The Morgan fingerprint density at radius 1 is 1.44 bits per heavy atom. The van der Waals surface area contributed by atoms with Crippen LogP contribution >= 0.6 is 11.9 Å². The van der Waals surface area contributed by atoms with Gasteiger partial charge in [-0.3, -0.25) is 0 Å². The molecule has 0 saturated carbocycles. The number of nitrogens with one attached hydrogen (secondary N) is 1. The molecule has 0 atom stereocenters. The average Bonchev–Trinajstić information content (AvgIpc) is 2.74. The van der Waals surface area contributed by atoms with E-state index in [0.29, 0.717) is 5.84 Å². The predicted octanol–water partition coefficient (Wildman–Crippen LogP) is 1.73. The number of hydrazine groups is 2. The number of rotatable bonds is 3. The second kappa shape index (κ2) is 4.88. The summed E-state index contributed by atoms with van der Waals surface area (Å²) >= 11 is 1.54. The molecule has 0 bridgehead atoms. The van der Waals surface area contributed by atoms with Crippen LogP contribution in [0.15, 0.2) is 35.4 Å². The fraction of sp³-hybridized carbons (Fsp3) is 0.200. The first-order chi connectivity index (χ1) is 7.86. The first kappa shape index (κ1) is 10.8. The molecule has 0 aromatic heterocycles. The molecule has 0 saturated heterocycles. The van der Waals surface area contributed by atoms with Gasteiger partial charge in [-0.1, -0.05) is 29.6 Å². The van der Waals surface area contributed by atoms with Gasteiger partial charge in [-0.05, 0) is 24.1 Å². The largest absolute Gasteiger partial charge is 0.249 e. The molecule has 0 unspecified atom stereocenters. The van der Waals surface area contributed by atoms with Gasteiger partial charge in [0.05, 0.1) is 5.69 Å². The highest BCUT2D eigenvalue weighted by molar-refractivity contribution is 7.97. The van der Waals surface area contributed by atoms with Crippen LogP contribution in [0, 0.1) is 11.3 Å². The van der Waals surface area contributed by atoms with Crippen molar-refractivity contribution in [2.45, 2.75) is 6.92 Å². The lowest BCUT2D eigenvalue weighted by atomic mass is 10.3. The van der Waals surface area contributed by atoms with E-state index in [2.05, 4.69) is 16.7 Å². The molecule has 1 aromatic rings. The zero-order valence-corrected chi connectivity index (χ0v) is 9.61. The van der Waals surface area contributed by atoms with Gasteiger partial charge in [0.1, 0.15) is 6.07 Å². The summed E-state index contributed by atoms with van der Waals surface area (Å²) in [6.07, 6.45) is 0. The van der Waals surface area contributed by atoms with E-state index in [4.69, 9.17) is 5.26 Å². The zero-order chi connectivity index (χ0) is 11.4. The van der Waals surface area contributed by atoms with E-state index in [-0.39, 0.29) is 0 Å². The van der Waals surface area contributed by atoms with Crippen LogP contribution in [-0.4, -0.2) is 16.1 Å². The van der Waals surface area contributed by atoms with E-state index >= 15 is 0 Å². The highest BCUT2D eigenvalue weighted by Gasteiger charge is 2.27. The molecular weight excluding hydrogens is 222 g/mol. The predicted molar refractivity (Wildman–Crippen MR) is 65.1 cm³/mol. The Bertz CT molecular complexity index is 425. The van der Waals surface area contributed by atoms with Gasteiger partial charge in [-0.25, -0.2) is 10.5 Å². The third-order valence-electron chi connectivity index (χ3n) is 1.98. The molecule has 16 heavy (non-hydrogen) atoms. The Hall–Kier alpha value is -1.71. The second-order valence-electron chi connectivity index (χ2n) is 2.99. The summed E-state index contributed by atoms with van der Waals surface area (Å²) in [5.41, 5.74) is 3.71. The quantitative estimate of drug-likeness (QED) is 0.806. The maximum atomic E-state index is 8.99. The van der Waals surface area contributed by atoms with Crippen molar-refractivity contribution in [3.8, 4) is 6.07 Å². The molecule has 0 spiro atoms.